The Hall–Kier alpha value is -2.63. The zero-order chi connectivity index (χ0) is 23.0. The Bertz CT molecular complexity index is 984. The minimum Gasteiger partial charge on any atom is -0.493 e. The molecule has 6 heteroatoms. The van der Waals surface area contributed by atoms with Crippen LogP contribution in [0.4, 0.5) is 0 Å². The average Bonchev–Trinajstić information content (AvgIpc) is 3.24. The van der Waals surface area contributed by atoms with E-state index in [1.165, 1.54) is 0 Å². The van der Waals surface area contributed by atoms with E-state index in [2.05, 4.69) is 13.8 Å². The molecule has 1 saturated carbocycles. The van der Waals surface area contributed by atoms with Crippen LogP contribution < -0.4 is 9.47 Å². The molecule has 1 aromatic rings. The van der Waals surface area contributed by atoms with Gasteiger partial charge in [-0.25, -0.2) is 0 Å². The minimum atomic E-state index is -0.627. The van der Waals surface area contributed by atoms with Crippen LogP contribution in [0, 0.1) is 11.3 Å². The number of aliphatic imine (C=N–C) groups is 1. The molecule has 0 amide bonds. The number of ketones is 1. The van der Waals surface area contributed by atoms with Gasteiger partial charge >= 0.3 is 5.97 Å². The van der Waals surface area contributed by atoms with E-state index >= 15 is 0 Å². The third-order valence-corrected chi connectivity index (χ3v) is 6.91. The Balaban J connectivity index is 1.81. The molecule has 2 atom stereocenters. The van der Waals surface area contributed by atoms with E-state index in [1.54, 1.807) is 14.2 Å². The SMILES string of the molecule is COc1ccc([C@@H]2C3=C(CC(C)(C)CC3=O)N=C(C)C2C(=O)OC2CCCC2)cc1OC. The Kier molecular flexibility index (Phi) is 6.15. The molecule has 6 nitrogen and oxygen atoms in total. The van der Waals surface area contributed by atoms with Crippen LogP contribution in [0.2, 0.25) is 0 Å². The van der Waals surface area contributed by atoms with Crippen LogP contribution in [-0.2, 0) is 14.3 Å². The number of allylic oxidation sites excluding steroid dienone is 2. The van der Waals surface area contributed by atoms with Crippen molar-refractivity contribution in [3.63, 3.8) is 0 Å². The Morgan fingerprint density at radius 1 is 1.06 bits per heavy atom. The molecular weight excluding hydrogens is 406 g/mol. The van der Waals surface area contributed by atoms with Gasteiger partial charge < -0.3 is 14.2 Å². The largest absolute Gasteiger partial charge is 0.493 e. The van der Waals surface area contributed by atoms with Crippen LogP contribution >= 0.6 is 0 Å². The van der Waals surface area contributed by atoms with Crippen molar-refractivity contribution in [2.24, 2.45) is 16.3 Å². The second-order valence-corrected chi connectivity index (χ2v) is 9.97. The fourth-order valence-corrected chi connectivity index (χ4v) is 5.40. The fraction of sp³-hybridized carbons (Fsp3) is 0.577. The first-order valence-electron chi connectivity index (χ1n) is 11.5. The molecule has 0 radical (unpaired) electrons. The quantitative estimate of drug-likeness (QED) is 0.603. The predicted octanol–water partition coefficient (Wildman–Crippen LogP) is 5.01. The van der Waals surface area contributed by atoms with Gasteiger partial charge in [0.1, 0.15) is 12.0 Å². The van der Waals surface area contributed by atoms with Gasteiger partial charge in [-0.05, 0) is 62.1 Å². The van der Waals surface area contributed by atoms with E-state index in [9.17, 15) is 9.59 Å². The summed E-state index contributed by atoms with van der Waals surface area (Å²) in [5.74, 6) is -0.128. The molecule has 0 bridgehead atoms. The maximum Gasteiger partial charge on any atom is 0.315 e. The Morgan fingerprint density at radius 3 is 2.41 bits per heavy atom. The zero-order valence-corrected chi connectivity index (χ0v) is 19.7. The van der Waals surface area contributed by atoms with Crippen molar-refractivity contribution in [3.05, 3.63) is 35.0 Å². The molecule has 1 aliphatic heterocycles. The molecule has 1 heterocycles. The lowest BCUT2D eigenvalue weighted by molar-refractivity contribution is -0.151. The van der Waals surface area contributed by atoms with Gasteiger partial charge in [0.2, 0.25) is 0 Å². The summed E-state index contributed by atoms with van der Waals surface area (Å²) in [6.07, 6.45) is 5.06. The number of carbonyl (C=O) groups is 2. The van der Waals surface area contributed by atoms with Gasteiger partial charge in [-0.1, -0.05) is 19.9 Å². The number of ether oxygens (including phenoxy) is 3. The number of hydrogen-bond acceptors (Lipinski definition) is 6. The Morgan fingerprint density at radius 2 is 1.75 bits per heavy atom. The number of methoxy groups -OCH3 is 2. The van der Waals surface area contributed by atoms with Gasteiger partial charge in [-0.15, -0.1) is 0 Å². The molecule has 0 spiro atoms. The third-order valence-electron chi connectivity index (χ3n) is 6.91. The standard InChI is InChI=1S/C26H33NO5/c1-15-22(25(29)32-17-8-6-7-9-17)23(16-10-11-20(30-4)21(12-16)31-5)24-18(27-15)13-26(2,3)14-19(24)28/h10-12,17,22-23H,6-9,13-14H2,1-5H3/t22?,23-/m0/s1. The van der Waals surface area contributed by atoms with E-state index in [1.807, 2.05) is 25.1 Å². The molecule has 172 valence electrons. The van der Waals surface area contributed by atoms with Gasteiger partial charge in [-0.2, -0.15) is 0 Å². The van der Waals surface area contributed by atoms with Gasteiger partial charge in [0, 0.05) is 29.3 Å². The van der Waals surface area contributed by atoms with Crippen molar-refractivity contribution >= 4 is 17.5 Å². The lowest BCUT2D eigenvalue weighted by atomic mass is 9.67. The zero-order valence-electron chi connectivity index (χ0n) is 19.7. The van der Waals surface area contributed by atoms with Crippen LogP contribution in [-0.4, -0.2) is 37.8 Å². The third kappa shape index (κ3) is 4.19. The summed E-state index contributed by atoms with van der Waals surface area (Å²) in [6, 6.07) is 5.61. The summed E-state index contributed by atoms with van der Waals surface area (Å²) in [7, 11) is 3.17. The van der Waals surface area contributed by atoms with Crippen LogP contribution in [0.15, 0.2) is 34.5 Å². The monoisotopic (exact) mass is 439 g/mol. The van der Waals surface area contributed by atoms with E-state index < -0.39 is 11.8 Å². The van der Waals surface area contributed by atoms with E-state index in [0.717, 1.165) is 36.9 Å². The molecular formula is C26H33NO5. The van der Waals surface area contributed by atoms with Crippen molar-refractivity contribution in [2.75, 3.05) is 14.2 Å². The van der Waals surface area contributed by atoms with Gasteiger partial charge in [-0.3, -0.25) is 14.6 Å². The van der Waals surface area contributed by atoms with E-state index in [4.69, 9.17) is 19.2 Å². The summed E-state index contributed by atoms with van der Waals surface area (Å²) in [4.78, 5) is 31.6. The van der Waals surface area contributed by atoms with Gasteiger partial charge in [0.25, 0.3) is 0 Å². The van der Waals surface area contributed by atoms with Crippen LogP contribution in [0.3, 0.4) is 0 Å². The number of rotatable bonds is 5. The number of hydrogen-bond donors (Lipinski definition) is 0. The van der Waals surface area contributed by atoms with Crippen molar-refractivity contribution in [1.29, 1.82) is 0 Å². The van der Waals surface area contributed by atoms with E-state index in [0.29, 0.717) is 35.6 Å². The van der Waals surface area contributed by atoms with Crippen LogP contribution in [0.1, 0.15) is 70.8 Å². The highest BCUT2D eigenvalue weighted by molar-refractivity contribution is 6.09. The molecule has 4 rings (SSSR count). The summed E-state index contributed by atoms with van der Waals surface area (Å²) in [6.45, 7) is 6.06. The first kappa shape index (κ1) is 22.6. The second kappa shape index (κ2) is 8.72. The first-order valence-corrected chi connectivity index (χ1v) is 11.5. The number of nitrogens with zero attached hydrogens (tertiary/aromatic N) is 1. The highest BCUT2D eigenvalue weighted by atomic mass is 16.5. The number of Topliss-reactive ketones (excluding diaryl/α,β-unsaturated/α-hetero) is 1. The van der Waals surface area contributed by atoms with Crippen LogP contribution in [0.25, 0.3) is 0 Å². The second-order valence-electron chi connectivity index (χ2n) is 9.97. The first-order chi connectivity index (χ1) is 15.2. The smallest absolute Gasteiger partial charge is 0.315 e. The average molecular weight is 440 g/mol. The molecule has 0 aromatic heterocycles. The fourth-order valence-electron chi connectivity index (χ4n) is 5.40. The normalized spacial score (nSPS) is 25.3. The molecule has 1 aromatic carbocycles. The highest BCUT2D eigenvalue weighted by Gasteiger charge is 2.46. The minimum absolute atomic E-state index is 0.0438. The maximum absolute atomic E-state index is 13.4. The summed E-state index contributed by atoms with van der Waals surface area (Å²) in [5, 5.41) is 0. The lowest BCUT2D eigenvalue weighted by Gasteiger charge is -2.39. The van der Waals surface area contributed by atoms with Crippen molar-refractivity contribution < 1.29 is 23.8 Å². The number of benzene rings is 1. The Labute approximate surface area is 190 Å². The highest BCUT2D eigenvalue weighted by Crippen LogP contribution is 2.49. The molecule has 32 heavy (non-hydrogen) atoms. The molecule has 3 aliphatic rings. The van der Waals surface area contributed by atoms with Crippen molar-refractivity contribution in [1.82, 2.24) is 0 Å². The summed E-state index contributed by atoms with van der Waals surface area (Å²) >= 11 is 0. The number of esters is 1. The maximum atomic E-state index is 13.4. The van der Waals surface area contributed by atoms with Crippen molar-refractivity contribution in [2.45, 2.75) is 71.3 Å². The topological polar surface area (TPSA) is 74.2 Å². The van der Waals surface area contributed by atoms with E-state index in [-0.39, 0.29) is 23.3 Å². The van der Waals surface area contributed by atoms with Crippen LogP contribution in [0.5, 0.6) is 11.5 Å². The van der Waals surface area contributed by atoms with Gasteiger partial charge in [0.05, 0.1) is 14.2 Å². The molecule has 1 fully saturated rings. The molecule has 0 N–H and O–H groups in total. The molecule has 0 saturated heterocycles. The molecule has 2 aliphatic carbocycles. The summed E-state index contributed by atoms with van der Waals surface area (Å²) in [5.41, 5.74) is 2.84. The molecule has 1 unspecified atom stereocenters. The summed E-state index contributed by atoms with van der Waals surface area (Å²) < 4.78 is 16.8. The van der Waals surface area contributed by atoms with Gasteiger partial charge in [0.15, 0.2) is 17.3 Å². The number of carbonyl (C=O) groups excluding carboxylic acids is 2. The predicted molar refractivity (Wildman–Crippen MR) is 122 cm³/mol. The van der Waals surface area contributed by atoms with Crippen molar-refractivity contribution in [3.8, 4) is 11.5 Å². The lowest BCUT2D eigenvalue weighted by Crippen LogP contribution is -2.40.